The molecule has 0 saturated carbocycles. The number of amides is 1. The van der Waals surface area contributed by atoms with E-state index in [1.165, 1.54) is 16.5 Å². The molecule has 0 atom stereocenters. The van der Waals surface area contributed by atoms with Crippen LogP contribution in [0.3, 0.4) is 0 Å². The van der Waals surface area contributed by atoms with Crippen molar-refractivity contribution in [2.75, 3.05) is 20.2 Å². The summed E-state index contributed by atoms with van der Waals surface area (Å²) in [7, 11) is 1.67. The third-order valence-electron chi connectivity index (χ3n) is 5.74. The number of fused-ring (bicyclic) bond motifs is 1. The predicted molar refractivity (Wildman–Crippen MR) is 120 cm³/mol. The molecule has 2 heterocycles. The first-order valence-electron chi connectivity index (χ1n) is 10.1. The fourth-order valence-corrected chi connectivity index (χ4v) is 4.33. The molecule has 156 valence electrons. The van der Waals surface area contributed by atoms with Gasteiger partial charge in [0.25, 0.3) is 5.56 Å². The van der Waals surface area contributed by atoms with Gasteiger partial charge in [0.05, 0.1) is 24.3 Å². The number of hydrogen-bond donors (Lipinski definition) is 0. The van der Waals surface area contributed by atoms with Crippen LogP contribution in [0.25, 0.3) is 10.9 Å². The second kappa shape index (κ2) is 9.00. The monoisotopic (exact) mass is 469 g/mol. The highest BCUT2D eigenvalue weighted by Gasteiger charge is 2.23. The summed E-state index contributed by atoms with van der Waals surface area (Å²) in [5, 5.41) is 0.512. The van der Waals surface area contributed by atoms with E-state index in [1.807, 2.05) is 23.1 Å². The summed E-state index contributed by atoms with van der Waals surface area (Å²) in [6.07, 6.45) is 4.41. The van der Waals surface area contributed by atoms with Crippen molar-refractivity contribution < 1.29 is 9.53 Å². The van der Waals surface area contributed by atoms with Gasteiger partial charge in [0.15, 0.2) is 0 Å². The van der Waals surface area contributed by atoms with Crippen molar-refractivity contribution in [3.63, 3.8) is 0 Å². The number of nitrogens with zero attached hydrogens (tertiary/aromatic N) is 3. The molecule has 3 aromatic rings. The minimum absolute atomic E-state index is 0.0252. The summed E-state index contributed by atoms with van der Waals surface area (Å²) < 4.78 is 7.43. The van der Waals surface area contributed by atoms with Crippen molar-refractivity contribution in [3.8, 4) is 5.75 Å². The number of ether oxygens (including phenoxy) is 1. The number of aromatic nitrogens is 2. The second-order valence-electron chi connectivity index (χ2n) is 7.72. The van der Waals surface area contributed by atoms with E-state index in [9.17, 15) is 9.59 Å². The normalized spacial score (nSPS) is 14.8. The maximum Gasteiger partial charge on any atom is 0.261 e. The molecule has 1 aromatic heterocycles. The van der Waals surface area contributed by atoms with Gasteiger partial charge in [-0.05, 0) is 61.1 Å². The van der Waals surface area contributed by atoms with Crippen LogP contribution < -0.4 is 10.3 Å². The Bertz CT molecular complexity index is 1100. The number of carbonyl (C=O) groups excluding carboxylic acids is 1. The Labute approximate surface area is 183 Å². The molecule has 4 rings (SSSR count). The molecule has 7 heteroatoms. The number of methoxy groups -OCH3 is 1. The van der Waals surface area contributed by atoms with Gasteiger partial charge < -0.3 is 9.64 Å². The summed E-state index contributed by atoms with van der Waals surface area (Å²) in [5.41, 5.74) is 1.73. The predicted octanol–water partition coefficient (Wildman–Crippen LogP) is 3.65. The van der Waals surface area contributed by atoms with Crippen molar-refractivity contribution in [1.82, 2.24) is 14.5 Å². The number of rotatable bonds is 5. The van der Waals surface area contributed by atoms with Crippen molar-refractivity contribution in [2.45, 2.75) is 25.8 Å². The maximum absolute atomic E-state index is 12.8. The van der Waals surface area contributed by atoms with Gasteiger partial charge in [-0.25, -0.2) is 4.98 Å². The molecule has 0 radical (unpaired) electrons. The highest BCUT2D eigenvalue weighted by Crippen LogP contribution is 2.23. The van der Waals surface area contributed by atoms with E-state index in [0.29, 0.717) is 16.8 Å². The van der Waals surface area contributed by atoms with Crippen LogP contribution in [0.2, 0.25) is 0 Å². The summed E-state index contributed by atoms with van der Waals surface area (Å²) in [4.78, 5) is 31.7. The summed E-state index contributed by atoms with van der Waals surface area (Å²) in [5.74, 6) is 1.39. The molecule has 2 aromatic carbocycles. The molecule has 6 nitrogen and oxygen atoms in total. The van der Waals surface area contributed by atoms with Crippen molar-refractivity contribution in [2.24, 2.45) is 5.92 Å². The van der Waals surface area contributed by atoms with Gasteiger partial charge in [0, 0.05) is 17.6 Å². The minimum Gasteiger partial charge on any atom is -0.497 e. The summed E-state index contributed by atoms with van der Waals surface area (Å²) >= 11 is 3.38. The van der Waals surface area contributed by atoms with Gasteiger partial charge in [-0.15, -0.1) is 0 Å². The molecule has 0 unspecified atom stereocenters. The Morgan fingerprint density at radius 1 is 1.17 bits per heavy atom. The smallest absolute Gasteiger partial charge is 0.261 e. The van der Waals surface area contributed by atoms with Crippen LogP contribution in [-0.4, -0.2) is 40.6 Å². The van der Waals surface area contributed by atoms with Gasteiger partial charge in [-0.2, -0.15) is 0 Å². The molecule has 0 spiro atoms. The number of halogens is 1. The van der Waals surface area contributed by atoms with Gasteiger partial charge in [-0.3, -0.25) is 14.2 Å². The molecular weight excluding hydrogens is 446 g/mol. The third-order valence-corrected chi connectivity index (χ3v) is 6.24. The van der Waals surface area contributed by atoms with Crippen LogP contribution in [0.4, 0.5) is 0 Å². The van der Waals surface area contributed by atoms with E-state index in [0.717, 1.165) is 42.6 Å². The van der Waals surface area contributed by atoms with E-state index in [1.54, 1.807) is 19.2 Å². The van der Waals surface area contributed by atoms with E-state index in [2.05, 4.69) is 33.0 Å². The lowest BCUT2D eigenvalue weighted by molar-refractivity contribution is -0.133. The van der Waals surface area contributed by atoms with Crippen LogP contribution in [0.15, 0.2) is 58.1 Å². The van der Waals surface area contributed by atoms with Crippen molar-refractivity contribution in [3.05, 3.63) is 69.2 Å². The van der Waals surface area contributed by atoms with E-state index < -0.39 is 0 Å². The molecule has 0 aliphatic carbocycles. The molecular formula is C23H24BrN3O3. The number of carbonyl (C=O) groups is 1. The molecule has 1 amide bonds. The van der Waals surface area contributed by atoms with Crippen molar-refractivity contribution >= 4 is 32.7 Å². The SMILES string of the molecule is COc1ccc(CC2CCN(C(=O)Cn3cnc4ccc(Br)cc4c3=O)CC2)cc1. The molecule has 1 aliphatic rings. The molecule has 1 aliphatic heterocycles. The topological polar surface area (TPSA) is 64.4 Å². The first-order valence-corrected chi connectivity index (χ1v) is 10.9. The number of benzene rings is 2. The zero-order valence-corrected chi connectivity index (χ0v) is 18.5. The third kappa shape index (κ3) is 4.56. The zero-order valence-electron chi connectivity index (χ0n) is 16.9. The Morgan fingerprint density at radius 3 is 2.60 bits per heavy atom. The Morgan fingerprint density at radius 2 is 1.90 bits per heavy atom. The Kier molecular flexibility index (Phi) is 6.18. The first kappa shape index (κ1) is 20.6. The van der Waals surface area contributed by atoms with Crippen LogP contribution in [0.1, 0.15) is 18.4 Å². The molecule has 30 heavy (non-hydrogen) atoms. The average molecular weight is 470 g/mol. The van der Waals surface area contributed by atoms with Crippen LogP contribution >= 0.6 is 15.9 Å². The minimum atomic E-state index is -0.191. The largest absolute Gasteiger partial charge is 0.497 e. The molecule has 1 saturated heterocycles. The summed E-state index contributed by atoms with van der Waals surface area (Å²) in [6, 6.07) is 13.6. The van der Waals surface area contributed by atoms with Gasteiger partial charge in [0.2, 0.25) is 5.91 Å². The lowest BCUT2D eigenvalue weighted by atomic mass is 9.90. The van der Waals surface area contributed by atoms with Gasteiger partial charge >= 0.3 is 0 Å². The van der Waals surface area contributed by atoms with Crippen LogP contribution in [-0.2, 0) is 17.8 Å². The second-order valence-corrected chi connectivity index (χ2v) is 8.63. The standard InChI is InChI=1S/C23H24BrN3O3/c1-30-19-5-2-16(3-6-19)12-17-8-10-26(11-9-17)22(28)14-27-15-25-21-7-4-18(24)13-20(21)23(27)29/h2-7,13,15,17H,8-12,14H2,1H3. The number of likely N-dealkylation sites (tertiary alicyclic amines) is 1. The molecule has 0 bridgehead atoms. The highest BCUT2D eigenvalue weighted by atomic mass is 79.9. The average Bonchev–Trinajstić information content (AvgIpc) is 2.77. The Balaban J connectivity index is 1.36. The van der Waals surface area contributed by atoms with Crippen LogP contribution in [0, 0.1) is 5.92 Å². The highest BCUT2D eigenvalue weighted by molar-refractivity contribution is 9.10. The van der Waals surface area contributed by atoms with Crippen LogP contribution in [0.5, 0.6) is 5.75 Å². The maximum atomic E-state index is 12.8. The fraction of sp³-hybridized carbons (Fsp3) is 0.348. The van der Waals surface area contributed by atoms with Crippen molar-refractivity contribution in [1.29, 1.82) is 0 Å². The van der Waals surface area contributed by atoms with E-state index >= 15 is 0 Å². The Hall–Kier alpha value is -2.67. The zero-order chi connectivity index (χ0) is 21.1. The molecule has 0 N–H and O–H groups in total. The summed E-state index contributed by atoms with van der Waals surface area (Å²) in [6.45, 7) is 1.47. The first-order chi connectivity index (χ1) is 14.5. The van der Waals surface area contributed by atoms with E-state index in [-0.39, 0.29) is 18.0 Å². The van der Waals surface area contributed by atoms with Gasteiger partial charge in [-0.1, -0.05) is 28.1 Å². The number of piperidine rings is 1. The van der Waals surface area contributed by atoms with E-state index in [4.69, 9.17) is 4.74 Å². The lowest BCUT2D eigenvalue weighted by Gasteiger charge is -2.32. The van der Waals surface area contributed by atoms with Gasteiger partial charge in [0.1, 0.15) is 12.3 Å². The number of hydrogen-bond acceptors (Lipinski definition) is 4. The fourth-order valence-electron chi connectivity index (χ4n) is 3.97. The quantitative estimate of drug-likeness (QED) is 0.571. The lowest BCUT2D eigenvalue weighted by Crippen LogP contribution is -2.41. The molecule has 1 fully saturated rings.